The van der Waals surface area contributed by atoms with Gasteiger partial charge in [0.05, 0.1) is 27.4 Å². The molecular formula is C10H11BrN2. The largest absolute Gasteiger partial charge is 0.197 e. The van der Waals surface area contributed by atoms with Gasteiger partial charge in [-0.2, -0.15) is 8.81 Å². The van der Waals surface area contributed by atoms with Crippen LogP contribution in [-0.2, 0) is 6.42 Å². The fourth-order valence-corrected chi connectivity index (χ4v) is 2.01. The molecule has 3 heteroatoms. The maximum absolute atomic E-state index is 4.41. The van der Waals surface area contributed by atoms with E-state index in [0.717, 1.165) is 18.4 Å². The van der Waals surface area contributed by atoms with Crippen molar-refractivity contribution in [2.45, 2.75) is 19.8 Å². The topological polar surface area (TPSA) is 17.8 Å². The molecule has 0 aliphatic heterocycles. The number of hydrogen-bond acceptors (Lipinski definition) is 1. The van der Waals surface area contributed by atoms with E-state index in [0.29, 0.717) is 0 Å². The van der Waals surface area contributed by atoms with Crippen LogP contribution in [0.2, 0.25) is 0 Å². The quantitative estimate of drug-likeness (QED) is 0.787. The molecule has 2 aromatic rings. The highest BCUT2D eigenvalue weighted by molar-refractivity contribution is 9.08. The van der Waals surface area contributed by atoms with Crippen molar-refractivity contribution in [1.29, 1.82) is 0 Å². The summed E-state index contributed by atoms with van der Waals surface area (Å²) < 4.78 is 1.77. The van der Waals surface area contributed by atoms with Gasteiger partial charge in [-0.05, 0) is 12.5 Å². The molecule has 0 unspecified atom stereocenters. The highest BCUT2D eigenvalue weighted by Crippen LogP contribution is 2.20. The minimum Gasteiger partial charge on any atom is -0.197 e. The van der Waals surface area contributed by atoms with E-state index >= 15 is 0 Å². The Morgan fingerprint density at radius 3 is 2.92 bits per heavy atom. The normalized spacial score (nSPS) is 10.9. The van der Waals surface area contributed by atoms with Gasteiger partial charge >= 0.3 is 0 Å². The maximum atomic E-state index is 4.41. The third-order valence-corrected chi connectivity index (χ3v) is 2.65. The zero-order valence-electron chi connectivity index (χ0n) is 7.50. The second-order valence-electron chi connectivity index (χ2n) is 3.07. The van der Waals surface area contributed by atoms with Gasteiger partial charge in [-0.1, -0.05) is 31.5 Å². The van der Waals surface area contributed by atoms with E-state index in [4.69, 9.17) is 0 Å². The number of para-hydroxylation sites is 1. The molecule has 0 spiro atoms. The summed E-state index contributed by atoms with van der Waals surface area (Å²) in [6.07, 6.45) is 2.17. The van der Waals surface area contributed by atoms with Gasteiger partial charge in [0.25, 0.3) is 0 Å². The van der Waals surface area contributed by atoms with Crippen molar-refractivity contribution >= 4 is 27.1 Å². The molecule has 2 nitrogen and oxygen atoms in total. The van der Waals surface area contributed by atoms with Gasteiger partial charge in [-0.25, -0.2) is 0 Å². The summed E-state index contributed by atoms with van der Waals surface area (Å²) in [6, 6.07) is 8.26. The fourth-order valence-electron chi connectivity index (χ4n) is 1.51. The summed E-state index contributed by atoms with van der Waals surface area (Å²) in [6.45, 7) is 2.17. The van der Waals surface area contributed by atoms with E-state index in [-0.39, 0.29) is 0 Å². The number of benzene rings is 1. The number of aryl methyl sites for hydroxylation is 1. The maximum Gasteiger partial charge on any atom is 0.0816 e. The predicted molar refractivity (Wildman–Crippen MR) is 58.1 cm³/mol. The first kappa shape index (κ1) is 8.75. The molecule has 2 rings (SSSR count). The van der Waals surface area contributed by atoms with E-state index in [9.17, 15) is 0 Å². The molecule has 0 aliphatic rings. The Morgan fingerprint density at radius 1 is 1.38 bits per heavy atom. The third-order valence-electron chi connectivity index (χ3n) is 2.11. The van der Waals surface area contributed by atoms with Crippen molar-refractivity contribution in [1.82, 2.24) is 8.81 Å². The average molecular weight is 239 g/mol. The van der Waals surface area contributed by atoms with Gasteiger partial charge in [-0.15, -0.1) is 0 Å². The van der Waals surface area contributed by atoms with Crippen LogP contribution in [0.1, 0.15) is 19.0 Å². The van der Waals surface area contributed by atoms with Crippen molar-refractivity contribution in [2.24, 2.45) is 0 Å². The van der Waals surface area contributed by atoms with Crippen LogP contribution in [0.4, 0.5) is 0 Å². The van der Waals surface area contributed by atoms with Crippen LogP contribution >= 0.6 is 16.1 Å². The van der Waals surface area contributed by atoms with Gasteiger partial charge in [0.2, 0.25) is 0 Å². The summed E-state index contributed by atoms with van der Waals surface area (Å²) in [5, 5.41) is 5.66. The van der Waals surface area contributed by atoms with Crippen LogP contribution in [0.5, 0.6) is 0 Å². The molecular weight excluding hydrogens is 228 g/mol. The fraction of sp³-hybridized carbons (Fsp3) is 0.300. The van der Waals surface area contributed by atoms with E-state index in [2.05, 4.69) is 46.4 Å². The molecule has 0 bridgehead atoms. The molecule has 0 atom stereocenters. The van der Waals surface area contributed by atoms with Gasteiger partial charge in [0.15, 0.2) is 0 Å². The summed E-state index contributed by atoms with van der Waals surface area (Å²) in [7, 11) is 0. The van der Waals surface area contributed by atoms with Crippen molar-refractivity contribution in [2.75, 3.05) is 0 Å². The number of nitrogens with zero attached hydrogens (tertiary/aromatic N) is 2. The zero-order valence-corrected chi connectivity index (χ0v) is 9.08. The standard InChI is InChI=1S/C10H11BrN2/c1-2-5-9-8-6-3-4-7-10(8)13(11)12-9/h3-4,6-7H,2,5H2,1H3. The van der Waals surface area contributed by atoms with Crippen molar-refractivity contribution < 1.29 is 0 Å². The van der Waals surface area contributed by atoms with E-state index < -0.39 is 0 Å². The van der Waals surface area contributed by atoms with Gasteiger partial charge in [0, 0.05) is 5.39 Å². The smallest absolute Gasteiger partial charge is 0.0816 e. The lowest BCUT2D eigenvalue weighted by molar-refractivity contribution is 0.864. The first-order chi connectivity index (χ1) is 6.33. The van der Waals surface area contributed by atoms with Gasteiger partial charge in [0.1, 0.15) is 0 Å². The molecule has 0 saturated carbocycles. The Kier molecular flexibility index (Phi) is 2.36. The minimum absolute atomic E-state index is 1.04. The van der Waals surface area contributed by atoms with Gasteiger partial charge in [-0.3, -0.25) is 0 Å². The Balaban J connectivity index is 2.63. The van der Waals surface area contributed by atoms with Crippen LogP contribution in [0.15, 0.2) is 24.3 Å². The monoisotopic (exact) mass is 238 g/mol. The lowest BCUT2D eigenvalue weighted by Crippen LogP contribution is -1.85. The first-order valence-electron chi connectivity index (χ1n) is 4.45. The molecule has 0 amide bonds. The Morgan fingerprint density at radius 2 is 2.15 bits per heavy atom. The molecule has 0 fully saturated rings. The number of hydrogen-bond donors (Lipinski definition) is 0. The van der Waals surface area contributed by atoms with Crippen molar-refractivity contribution in [3.63, 3.8) is 0 Å². The Labute approximate surface area is 85.9 Å². The molecule has 68 valence electrons. The highest BCUT2D eigenvalue weighted by atomic mass is 79.9. The molecule has 1 aromatic heterocycles. The third kappa shape index (κ3) is 1.48. The van der Waals surface area contributed by atoms with Crippen LogP contribution in [-0.4, -0.2) is 8.81 Å². The Hall–Kier alpha value is -0.830. The minimum atomic E-state index is 1.04. The first-order valence-corrected chi connectivity index (χ1v) is 5.16. The summed E-state index contributed by atoms with van der Waals surface area (Å²) in [5.41, 5.74) is 2.32. The molecule has 0 saturated heterocycles. The molecule has 0 aliphatic carbocycles. The van der Waals surface area contributed by atoms with Crippen molar-refractivity contribution in [3.05, 3.63) is 30.0 Å². The number of fused-ring (bicyclic) bond motifs is 1. The van der Waals surface area contributed by atoms with Crippen LogP contribution in [0.3, 0.4) is 0 Å². The molecule has 1 aromatic carbocycles. The SMILES string of the molecule is CCCc1nn(Br)c2ccccc12. The zero-order chi connectivity index (χ0) is 9.26. The molecule has 1 heterocycles. The van der Waals surface area contributed by atoms with E-state index in [1.165, 1.54) is 11.1 Å². The van der Waals surface area contributed by atoms with Gasteiger partial charge < -0.3 is 0 Å². The summed E-state index contributed by atoms with van der Waals surface area (Å²) >= 11 is 3.39. The molecule has 0 N–H and O–H groups in total. The summed E-state index contributed by atoms with van der Waals surface area (Å²) in [5.74, 6) is 0. The highest BCUT2D eigenvalue weighted by Gasteiger charge is 2.06. The number of rotatable bonds is 2. The predicted octanol–water partition coefficient (Wildman–Crippen LogP) is 3.15. The second-order valence-corrected chi connectivity index (χ2v) is 3.75. The molecule has 0 radical (unpaired) electrons. The lowest BCUT2D eigenvalue weighted by atomic mass is 10.1. The average Bonchev–Trinajstić information content (AvgIpc) is 2.46. The van der Waals surface area contributed by atoms with Crippen LogP contribution < -0.4 is 0 Å². The van der Waals surface area contributed by atoms with Crippen molar-refractivity contribution in [3.8, 4) is 0 Å². The van der Waals surface area contributed by atoms with E-state index in [1.807, 2.05) is 6.07 Å². The Bertz CT molecular complexity index is 420. The summed E-state index contributed by atoms with van der Waals surface area (Å²) in [4.78, 5) is 0. The van der Waals surface area contributed by atoms with Crippen LogP contribution in [0, 0.1) is 0 Å². The van der Waals surface area contributed by atoms with Crippen LogP contribution in [0.25, 0.3) is 10.9 Å². The number of halogens is 1. The van der Waals surface area contributed by atoms with E-state index in [1.54, 1.807) is 3.71 Å². The second kappa shape index (κ2) is 3.50. The number of aromatic nitrogens is 2. The molecule has 13 heavy (non-hydrogen) atoms. The lowest BCUT2D eigenvalue weighted by Gasteiger charge is -1.91.